The van der Waals surface area contributed by atoms with Crippen molar-refractivity contribution in [3.8, 4) is 0 Å². The molecule has 5 heteroatoms. The van der Waals surface area contributed by atoms with Crippen molar-refractivity contribution in [2.24, 2.45) is 0 Å². The number of aromatic nitrogens is 1. The molecule has 1 saturated heterocycles. The number of nitrogens with zero attached hydrogens (tertiary/aromatic N) is 2. The second-order valence-electron chi connectivity index (χ2n) is 4.51. The molecule has 0 aliphatic carbocycles. The summed E-state index contributed by atoms with van der Waals surface area (Å²) in [4.78, 5) is 17.6. The summed E-state index contributed by atoms with van der Waals surface area (Å²) >= 11 is 1.63. The number of hydrogen-bond acceptors (Lipinski definition) is 4. The summed E-state index contributed by atoms with van der Waals surface area (Å²) in [6.07, 6.45) is 4.66. The van der Waals surface area contributed by atoms with Crippen LogP contribution in [-0.2, 0) is 4.79 Å². The molecular weight excluding hydrogens is 236 g/mol. The number of likely N-dealkylation sites (tertiary alicyclic amines) is 1. The van der Waals surface area contributed by atoms with E-state index in [1.807, 2.05) is 5.38 Å². The Hall–Kier alpha value is -0.940. The molecule has 2 heterocycles. The van der Waals surface area contributed by atoms with Crippen molar-refractivity contribution in [3.63, 3.8) is 0 Å². The van der Waals surface area contributed by atoms with E-state index >= 15 is 0 Å². The van der Waals surface area contributed by atoms with Crippen molar-refractivity contribution in [1.29, 1.82) is 0 Å². The average molecular weight is 254 g/mol. The maximum atomic E-state index is 11.2. The fraction of sp³-hybridized carbons (Fsp3) is 0.667. The number of aliphatic carboxylic acids is 1. The molecule has 0 radical (unpaired) electrons. The van der Waals surface area contributed by atoms with Gasteiger partial charge in [-0.05, 0) is 19.4 Å². The van der Waals surface area contributed by atoms with Gasteiger partial charge in [0.15, 0.2) is 0 Å². The van der Waals surface area contributed by atoms with Crippen LogP contribution in [0.15, 0.2) is 11.6 Å². The first-order valence-electron chi connectivity index (χ1n) is 6.08. The number of carboxylic acid groups (broad SMARTS) is 1. The van der Waals surface area contributed by atoms with Crippen molar-refractivity contribution < 1.29 is 9.90 Å². The van der Waals surface area contributed by atoms with Crippen LogP contribution in [0.25, 0.3) is 0 Å². The third-order valence-corrected chi connectivity index (χ3v) is 4.23. The summed E-state index contributed by atoms with van der Waals surface area (Å²) in [6, 6.07) is -0.324. The molecule has 1 aromatic rings. The summed E-state index contributed by atoms with van der Waals surface area (Å²) in [6.45, 7) is 3.85. The van der Waals surface area contributed by atoms with Gasteiger partial charge in [-0.25, -0.2) is 4.98 Å². The Kier molecular flexibility index (Phi) is 4.12. The molecule has 1 N–H and O–H groups in total. The summed E-state index contributed by atoms with van der Waals surface area (Å²) < 4.78 is 0. The number of carbonyl (C=O) groups is 1. The molecule has 0 spiro atoms. The topological polar surface area (TPSA) is 53.4 Å². The monoisotopic (exact) mass is 254 g/mol. The van der Waals surface area contributed by atoms with Crippen molar-refractivity contribution in [2.45, 2.75) is 38.1 Å². The predicted octanol–water partition coefficient (Wildman–Crippen LogP) is 2.19. The number of unbranched alkanes of at least 4 members (excludes halogenated alkanes) is 1. The fourth-order valence-corrected chi connectivity index (χ4v) is 3.13. The maximum Gasteiger partial charge on any atom is 0.320 e. The molecule has 0 bridgehead atoms. The third kappa shape index (κ3) is 2.84. The average Bonchev–Trinajstić information content (AvgIpc) is 2.94. The fourth-order valence-electron chi connectivity index (χ4n) is 2.38. The van der Waals surface area contributed by atoms with Crippen LogP contribution in [-0.4, -0.2) is 40.1 Å². The van der Waals surface area contributed by atoms with E-state index in [1.165, 1.54) is 0 Å². The zero-order chi connectivity index (χ0) is 12.3. The van der Waals surface area contributed by atoms with E-state index in [9.17, 15) is 9.90 Å². The Bertz CT molecular complexity index is 367. The highest BCUT2D eigenvalue weighted by Gasteiger charge is 2.37. The maximum absolute atomic E-state index is 11.2. The van der Waals surface area contributed by atoms with Crippen LogP contribution < -0.4 is 0 Å². The molecule has 94 valence electrons. The van der Waals surface area contributed by atoms with E-state index in [0.29, 0.717) is 12.3 Å². The molecule has 1 aliphatic rings. The van der Waals surface area contributed by atoms with Crippen LogP contribution >= 0.6 is 11.3 Å². The zero-order valence-corrected chi connectivity index (χ0v) is 10.8. The molecule has 1 aromatic heterocycles. The van der Waals surface area contributed by atoms with E-state index < -0.39 is 5.97 Å². The lowest BCUT2D eigenvalue weighted by molar-refractivity contribution is -0.142. The first kappa shape index (κ1) is 12.5. The molecule has 4 nitrogen and oxygen atoms in total. The number of thiazole rings is 1. The minimum Gasteiger partial charge on any atom is -0.480 e. The molecule has 2 atom stereocenters. The Morgan fingerprint density at radius 3 is 3.12 bits per heavy atom. The van der Waals surface area contributed by atoms with Gasteiger partial charge in [-0.2, -0.15) is 0 Å². The zero-order valence-electron chi connectivity index (χ0n) is 10.0. The molecule has 0 aromatic carbocycles. The van der Waals surface area contributed by atoms with Gasteiger partial charge in [0.25, 0.3) is 0 Å². The number of hydrogen-bond donors (Lipinski definition) is 1. The molecule has 0 saturated carbocycles. The van der Waals surface area contributed by atoms with Gasteiger partial charge >= 0.3 is 5.97 Å². The molecule has 2 rings (SSSR count). The molecule has 2 unspecified atom stereocenters. The van der Waals surface area contributed by atoms with E-state index in [2.05, 4.69) is 16.8 Å². The van der Waals surface area contributed by atoms with Gasteiger partial charge in [-0.15, -0.1) is 11.3 Å². The summed E-state index contributed by atoms with van der Waals surface area (Å²) in [7, 11) is 0. The SMILES string of the molecule is CCCCN1CC(c2nccs2)CC1C(=O)O. The van der Waals surface area contributed by atoms with Crippen LogP contribution in [0.2, 0.25) is 0 Å². The smallest absolute Gasteiger partial charge is 0.320 e. The van der Waals surface area contributed by atoms with Gasteiger partial charge in [0, 0.05) is 24.0 Å². The lowest BCUT2D eigenvalue weighted by Gasteiger charge is -2.20. The largest absolute Gasteiger partial charge is 0.480 e. The number of carboxylic acids is 1. The lowest BCUT2D eigenvalue weighted by atomic mass is 10.1. The summed E-state index contributed by atoms with van der Waals surface area (Å²) in [5, 5.41) is 12.3. The van der Waals surface area contributed by atoms with Crippen molar-refractivity contribution >= 4 is 17.3 Å². The van der Waals surface area contributed by atoms with E-state index in [1.54, 1.807) is 17.5 Å². The second-order valence-corrected chi connectivity index (χ2v) is 5.43. The van der Waals surface area contributed by atoms with Crippen LogP contribution in [0.3, 0.4) is 0 Å². The van der Waals surface area contributed by atoms with Crippen molar-refractivity contribution in [3.05, 3.63) is 16.6 Å². The standard InChI is InChI=1S/C12H18N2O2S/c1-2-3-5-14-8-9(7-10(14)12(15)16)11-13-4-6-17-11/h4,6,9-10H,2-3,5,7-8H2,1H3,(H,15,16). The third-order valence-electron chi connectivity index (χ3n) is 3.29. The predicted molar refractivity (Wildman–Crippen MR) is 67.4 cm³/mol. The Morgan fingerprint density at radius 2 is 2.53 bits per heavy atom. The van der Waals surface area contributed by atoms with Crippen LogP contribution in [0.1, 0.15) is 37.1 Å². The minimum absolute atomic E-state index is 0.299. The molecule has 17 heavy (non-hydrogen) atoms. The highest BCUT2D eigenvalue weighted by molar-refractivity contribution is 7.09. The molecule has 0 amide bonds. The Balaban J connectivity index is 2.03. The Labute approximate surface area is 105 Å². The molecule has 1 fully saturated rings. The Morgan fingerprint density at radius 1 is 1.71 bits per heavy atom. The lowest BCUT2D eigenvalue weighted by Crippen LogP contribution is -2.36. The van der Waals surface area contributed by atoms with Crippen LogP contribution in [0, 0.1) is 0 Å². The van der Waals surface area contributed by atoms with Gasteiger partial charge in [0.2, 0.25) is 0 Å². The van der Waals surface area contributed by atoms with Crippen LogP contribution in [0.4, 0.5) is 0 Å². The highest BCUT2D eigenvalue weighted by Crippen LogP contribution is 2.32. The summed E-state index contributed by atoms with van der Waals surface area (Å²) in [5.41, 5.74) is 0. The van der Waals surface area contributed by atoms with E-state index in [-0.39, 0.29) is 6.04 Å². The van der Waals surface area contributed by atoms with Gasteiger partial charge in [0.1, 0.15) is 6.04 Å². The molecular formula is C12H18N2O2S. The summed E-state index contributed by atoms with van der Waals surface area (Å²) in [5.74, 6) is -0.395. The van der Waals surface area contributed by atoms with E-state index in [4.69, 9.17) is 0 Å². The quantitative estimate of drug-likeness (QED) is 0.875. The van der Waals surface area contributed by atoms with Gasteiger partial charge < -0.3 is 5.11 Å². The minimum atomic E-state index is -0.694. The first-order valence-corrected chi connectivity index (χ1v) is 6.96. The normalized spacial score (nSPS) is 25.2. The van der Waals surface area contributed by atoms with E-state index in [0.717, 1.165) is 30.9 Å². The van der Waals surface area contributed by atoms with Gasteiger partial charge in [0.05, 0.1) is 5.01 Å². The number of rotatable bonds is 5. The van der Waals surface area contributed by atoms with Crippen LogP contribution in [0.5, 0.6) is 0 Å². The van der Waals surface area contributed by atoms with Gasteiger partial charge in [-0.1, -0.05) is 13.3 Å². The molecule has 1 aliphatic heterocycles. The second kappa shape index (κ2) is 5.60. The highest BCUT2D eigenvalue weighted by atomic mass is 32.1. The van der Waals surface area contributed by atoms with Crippen molar-refractivity contribution in [1.82, 2.24) is 9.88 Å². The van der Waals surface area contributed by atoms with Crippen molar-refractivity contribution in [2.75, 3.05) is 13.1 Å². The van der Waals surface area contributed by atoms with Gasteiger partial charge in [-0.3, -0.25) is 9.69 Å². The first-order chi connectivity index (χ1) is 8.22.